The molecule has 0 saturated heterocycles. The number of amides is 2. The van der Waals surface area contributed by atoms with E-state index in [9.17, 15) is 14.0 Å². The summed E-state index contributed by atoms with van der Waals surface area (Å²) >= 11 is 0. The monoisotopic (exact) mass is 343 g/mol. The minimum Gasteiger partial charge on any atom is -0.481 e. The molecule has 2 N–H and O–H groups in total. The van der Waals surface area contributed by atoms with Gasteiger partial charge in [0.25, 0.3) is 5.91 Å². The lowest BCUT2D eigenvalue weighted by Gasteiger charge is -2.08. The number of nitrogens with one attached hydrogen (secondary N) is 2. The normalized spacial score (nSPS) is 10.4. The summed E-state index contributed by atoms with van der Waals surface area (Å²) in [7, 11) is 0. The number of rotatable bonds is 5. The zero-order valence-electron chi connectivity index (χ0n) is 13.0. The third kappa shape index (κ3) is 4.11. The van der Waals surface area contributed by atoms with E-state index in [1.165, 1.54) is 18.2 Å². The molecule has 128 valence electrons. The van der Waals surface area contributed by atoms with Gasteiger partial charge in [0.05, 0.1) is 6.42 Å². The summed E-state index contributed by atoms with van der Waals surface area (Å²) in [6, 6.07) is 12.8. The van der Waals surface area contributed by atoms with Crippen molar-refractivity contribution in [1.82, 2.24) is 16.0 Å². The number of ether oxygens (including phenoxy) is 1. The highest BCUT2D eigenvalue weighted by Crippen LogP contribution is 2.18. The number of carbonyl (C=O) groups is 2. The Kier molecular flexibility index (Phi) is 4.89. The van der Waals surface area contributed by atoms with Crippen LogP contribution in [0.1, 0.15) is 5.69 Å². The molecule has 2 aromatic carbocycles. The number of hydrazine groups is 1. The van der Waals surface area contributed by atoms with E-state index in [1.807, 2.05) is 6.07 Å². The molecule has 0 unspecified atom stereocenters. The number of carbonyl (C=O) groups excluding carboxylic acids is 2. The molecule has 0 aliphatic rings. The molecule has 1 aromatic heterocycles. The summed E-state index contributed by atoms with van der Waals surface area (Å²) in [5.74, 6) is -1.71. The molecule has 3 rings (SSSR count). The lowest BCUT2D eigenvalue weighted by Crippen LogP contribution is -2.44. The zero-order chi connectivity index (χ0) is 17.6. The van der Waals surface area contributed by atoms with E-state index in [0.717, 1.165) is 5.39 Å². The molecule has 0 bridgehead atoms. The maximum Gasteiger partial charge on any atom is 0.276 e. The van der Waals surface area contributed by atoms with Gasteiger partial charge in [-0.3, -0.25) is 20.4 Å². The molecule has 25 heavy (non-hydrogen) atoms. The van der Waals surface area contributed by atoms with Crippen molar-refractivity contribution in [3.05, 3.63) is 60.0 Å². The lowest BCUT2D eigenvalue weighted by atomic mass is 10.2. The van der Waals surface area contributed by atoms with Gasteiger partial charge < -0.3 is 9.26 Å². The standard InChI is InChI=1S/C17H14FN3O4/c18-12-6-2-4-8-15(12)24-10-17(23)20-19-16(22)9-13-11-5-1-3-7-14(11)25-21-13/h1-8H,9-10H2,(H,19,22)(H,20,23). The Bertz CT molecular complexity index is 910. The number of hydrogen-bond donors (Lipinski definition) is 2. The first-order valence-electron chi connectivity index (χ1n) is 7.42. The molecule has 0 radical (unpaired) electrons. The van der Waals surface area contributed by atoms with Crippen LogP contribution >= 0.6 is 0 Å². The summed E-state index contributed by atoms with van der Waals surface area (Å²) in [6.45, 7) is -0.436. The van der Waals surface area contributed by atoms with Crippen LogP contribution in [-0.2, 0) is 16.0 Å². The van der Waals surface area contributed by atoms with Gasteiger partial charge in [0.15, 0.2) is 23.8 Å². The molecule has 0 aliphatic carbocycles. The molecule has 7 nitrogen and oxygen atoms in total. The third-order valence-corrected chi connectivity index (χ3v) is 3.32. The Morgan fingerprint density at radius 2 is 1.76 bits per heavy atom. The average molecular weight is 343 g/mol. The highest BCUT2D eigenvalue weighted by molar-refractivity contribution is 5.87. The van der Waals surface area contributed by atoms with Crippen LogP contribution in [0.2, 0.25) is 0 Å². The van der Waals surface area contributed by atoms with Crippen molar-refractivity contribution in [1.29, 1.82) is 0 Å². The largest absolute Gasteiger partial charge is 0.481 e. The topological polar surface area (TPSA) is 93.5 Å². The minimum atomic E-state index is -0.624. The molecular formula is C17H14FN3O4. The summed E-state index contributed by atoms with van der Waals surface area (Å²) in [6.07, 6.45) is -0.0640. The predicted molar refractivity (Wildman–Crippen MR) is 85.9 cm³/mol. The molecule has 3 aromatic rings. The molecule has 0 fully saturated rings. The van der Waals surface area contributed by atoms with E-state index in [1.54, 1.807) is 24.3 Å². The van der Waals surface area contributed by atoms with Crippen molar-refractivity contribution in [2.45, 2.75) is 6.42 Å². The number of hydrogen-bond acceptors (Lipinski definition) is 5. The Morgan fingerprint density at radius 1 is 1.04 bits per heavy atom. The first-order chi connectivity index (χ1) is 12.1. The quantitative estimate of drug-likeness (QED) is 0.688. The van der Waals surface area contributed by atoms with Gasteiger partial charge in [-0.2, -0.15) is 0 Å². The van der Waals surface area contributed by atoms with Gasteiger partial charge in [-0.15, -0.1) is 0 Å². The van der Waals surface area contributed by atoms with Crippen LogP contribution in [0.3, 0.4) is 0 Å². The Morgan fingerprint density at radius 3 is 2.60 bits per heavy atom. The molecule has 1 heterocycles. The van der Waals surface area contributed by atoms with Gasteiger partial charge in [-0.05, 0) is 24.3 Å². The molecule has 0 atom stereocenters. The van der Waals surface area contributed by atoms with Crippen molar-refractivity contribution in [2.24, 2.45) is 0 Å². The van der Waals surface area contributed by atoms with Crippen LogP contribution in [0.5, 0.6) is 5.75 Å². The number of para-hydroxylation sites is 2. The number of halogens is 1. The average Bonchev–Trinajstić information content (AvgIpc) is 3.02. The van der Waals surface area contributed by atoms with E-state index in [-0.39, 0.29) is 12.2 Å². The molecule has 2 amide bonds. The smallest absolute Gasteiger partial charge is 0.276 e. The van der Waals surface area contributed by atoms with E-state index in [2.05, 4.69) is 16.0 Å². The summed E-state index contributed by atoms with van der Waals surface area (Å²) < 4.78 is 23.5. The van der Waals surface area contributed by atoms with Crippen molar-refractivity contribution in [2.75, 3.05) is 6.61 Å². The third-order valence-electron chi connectivity index (χ3n) is 3.32. The van der Waals surface area contributed by atoms with Crippen LogP contribution in [0.4, 0.5) is 4.39 Å². The van der Waals surface area contributed by atoms with Crippen molar-refractivity contribution in [3.8, 4) is 5.75 Å². The first kappa shape index (κ1) is 16.4. The van der Waals surface area contributed by atoms with Crippen molar-refractivity contribution in [3.63, 3.8) is 0 Å². The highest BCUT2D eigenvalue weighted by atomic mass is 19.1. The van der Waals surface area contributed by atoms with Gasteiger partial charge in [-0.1, -0.05) is 29.4 Å². The fourth-order valence-corrected chi connectivity index (χ4v) is 2.14. The maximum atomic E-state index is 13.4. The van der Waals surface area contributed by atoms with E-state index in [0.29, 0.717) is 11.3 Å². The number of fused-ring (bicyclic) bond motifs is 1. The lowest BCUT2D eigenvalue weighted by molar-refractivity contribution is -0.129. The van der Waals surface area contributed by atoms with Crippen LogP contribution in [0, 0.1) is 5.82 Å². The predicted octanol–water partition coefficient (Wildman–Crippen LogP) is 1.74. The molecule has 8 heteroatoms. The second-order valence-corrected chi connectivity index (χ2v) is 5.12. The fraction of sp³-hybridized carbons (Fsp3) is 0.118. The van der Waals surface area contributed by atoms with Gasteiger partial charge >= 0.3 is 0 Å². The van der Waals surface area contributed by atoms with Gasteiger partial charge in [-0.25, -0.2) is 4.39 Å². The summed E-state index contributed by atoms with van der Waals surface area (Å²) in [5.41, 5.74) is 5.47. The summed E-state index contributed by atoms with van der Waals surface area (Å²) in [4.78, 5) is 23.5. The number of nitrogens with zero attached hydrogens (tertiary/aromatic N) is 1. The molecular weight excluding hydrogens is 329 g/mol. The molecule has 0 spiro atoms. The zero-order valence-corrected chi connectivity index (χ0v) is 13.0. The van der Waals surface area contributed by atoms with Crippen LogP contribution in [0.25, 0.3) is 11.0 Å². The van der Waals surface area contributed by atoms with Crippen molar-refractivity contribution >= 4 is 22.8 Å². The van der Waals surface area contributed by atoms with Gasteiger partial charge in [0.2, 0.25) is 5.91 Å². The van der Waals surface area contributed by atoms with Crippen LogP contribution in [0.15, 0.2) is 53.1 Å². The Labute approximate surface area is 141 Å². The van der Waals surface area contributed by atoms with E-state index < -0.39 is 24.2 Å². The number of aromatic nitrogens is 1. The van der Waals surface area contributed by atoms with Gasteiger partial charge in [0.1, 0.15) is 5.69 Å². The summed E-state index contributed by atoms with van der Waals surface area (Å²) in [5, 5.41) is 4.56. The second-order valence-electron chi connectivity index (χ2n) is 5.12. The fourth-order valence-electron chi connectivity index (χ4n) is 2.14. The van der Waals surface area contributed by atoms with Crippen molar-refractivity contribution < 1.29 is 23.2 Å². The maximum absolute atomic E-state index is 13.4. The Balaban J connectivity index is 1.47. The highest BCUT2D eigenvalue weighted by Gasteiger charge is 2.13. The molecule has 0 aliphatic heterocycles. The molecule has 0 saturated carbocycles. The Hall–Kier alpha value is -3.42. The number of benzene rings is 2. The van der Waals surface area contributed by atoms with E-state index >= 15 is 0 Å². The van der Waals surface area contributed by atoms with Gasteiger partial charge in [0, 0.05) is 5.39 Å². The van der Waals surface area contributed by atoms with Crippen LogP contribution in [-0.4, -0.2) is 23.6 Å². The second kappa shape index (κ2) is 7.43. The first-order valence-corrected chi connectivity index (χ1v) is 7.42. The van der Waals surface area contributed by atoms with Crippen LogP contribution < -0.4 is 15.6 Å². The minimum absolute atomic E-state index is 0.0435. The SMILES string of the molecule is O=C(COc1ccccc1F)NNC(=O)Cc1noc2ccccc12. The van der Waals surface area contributed by atoms with E-state index in [4.69, 9.17) is 9.26 Å².